The van der Waals surface area contributed by atoms with Gasteiger partial charge >= 0.3 is 0 Å². The number of carbonyl (C=O) groups is 3. The molecule has 1 unspecified atom stereocenters. The maximum atomic E-state index is 14.0. The number of benzene rings is 2. The topological polar surface area (TPSA) is 129 Å². The fraction of sp³-hybridized carbons (Fsp3) is 0.419. The SMILES string of the molecule is CNC(=O)CN([C@H]1CCCN(CC(=O)N2CC3C[C@@H](C2)Cn2c3cccc2=O)C1=O)S(=O)(=O)c1ccc2cc(Br)ccc2c1. The molecule has 3 atom stereocenters. The van der Waals surface area contributed by atoms with Crippen LogP contribution in [0.2, 0.25) is 0 Å². The summed E-state index contributed by atoms with van der Waals surface area (Å²) in [6.07, 6.45) is 1.62. The van der Waals surface area contributed by atoms with Crippen molar-refractivity contribution in [1.29, 1.82) is 0 Å². The van der Waals surface area contributed by atoms with Crippen molar-refractivity contribution in [3.05, 3.63) is 75.1 Å². The summed E-state index contributed by atoms with van der Waals surface area (Å²) in [5.74, 6) is -1.05. The third-order valence-electron chi connectivity index (χ3n) is 8.97. The number of halogens is 1. The molecular weight excluding hydrogens is 650 g/mol. The maximum Gasteiger partial charge on any atom is 0.250 e. The molecular formula is C31H34BrN5O6S. The van der Waals surface area contributed by atoms with Crippen LogP contribution in [0.5, 0.6) is 0 Å². The molecule has 13 heteroatoms. The van der Waals surface area contributed by atoms with Crippen molar-refractivity contribution >= 4 is 54.4 Å². The Morgan fingerprint density at radius 2 is 1.80 bits per heavy atom. The monoisotopic (exact) mass is 683 g/mol. The van der Waals surface area contributed by atoms with Gasteiger partial charge in [-0.15, -0.1) is 0 Å². The van der Waals surface area contributed by atoms with Crippen LogP contribution in [0, 0.1) is 5.92 Å². The van der Waals surface area contributed by atoms with E-state index in [0.29, 0.717) is 38.0 Å². The van der Waals surface area contributed by atoms with Gasteiger partial charge in [0, 0.05) is 55.4 Å². The molecule has 11 nitrogen and oxygen atoms in total. The van der Waals surface area contributed by atoms with Gasteiger partial charge in [0.05, 0.1) is 18.0 Å². The van der Waals surface area contributed by atoms with Crippen LogP contribution in [0.1, 0.15) is 30.9 Å². The molecule has 2 saturated heterocycles. The van der Waals surface area contributed by atoms with E-state index in [4.69, 9.17) is 0 Å². The van der Waals surface area contributed by atoms with Gasteiger partial charge in [-0.3, -0.25) is 19.2 Å². The Labute approximate surface area is 264 Å². The Bertz CT molecular complexity index is 1810. The first-order valence-electron chi connectivity index (χ1n) is 14.7. The third-order valence-corrected chi connectivity index (χ3v) is 11.3. The summed E-state index contributed by atoms with van der Waals surface area (Å²) >= 11 is 3.42. The molecule has 1 aromatic heterocycles. The second-order valence-electron chi connectivity index (χ2n) is 11.8. The summed E-state index contributed by atoms with van der Waals surface area (Å²) in [6, 6.07) is 14.3. The molecule has 6 rings (SSSR count). The lowest BCUT2D eigenvalue weighted by atomic mass is 9.83. The zero-order valence-corrected chi connectivity index (χ0v) is 26.7. The molecule has 3 aromatic rings. The number of pyridine rings is 1. The number of rotatable bonds is 7. The number of nitrogens with one attached hydrogen (secondary N) is 1. The van der Waals surface area contributed by atoms with Gasteiger partial charge < -0.3 is 19.7 Å². The van der Waals surface area contributed by atoms with Crippen LogP contribution < -0.4 is 10.9 Å². The van der Waals surface area contributed by atoms with E-state index in [-0.39, 0.29) is 41.2 Å². The van der Waals surface area contributed by atoms with Crippen molar-refractivity contribution in [2.75, 3.05) is 39.8 Å². The van der Waals surface area contributed by atoms with Gasteiger partial charge in [-0.2, -0.15) is 4.31 Å². The number of likely N-dealkylation sites (N-methyl/N-ethyl adjacent to an activating group) is 1. The lowest BCUT2D eigenvalue weighted by Crippen LogP contribution is -2.58. The average molecular weight is 685 g/mol. The quantitative estimate of drug-likeness (QED) is 0.407. The second-order valence-corrected chi connectivity index (χ2v) is 14.6. The van der Waals surface area contributed by atoms with Crippen molar-refractivity contribution in [3.8, 4) is 0 Å². The summed E-state index contributed by atoms with van der Waals surface area (Å²) in [5.41, 5.74) is 0.895. The number of nitrogens with zero attached hydrogens (tertiary/aromatic N) is 4. The van der Waals surface area contributed by atoms with Gasteiger partial charge in [0.2, 0.25) is 27.7 Å². The Morgan fingerprint density at radius 3 is 2.59 bits per heavy atom. The highest BCUT2D eigenvalue weighted by atomic mass is 79.9. The van der Waals surface area contributed by atoms with E-state index in [0.717, 1.165) is 26.3 Å². The van der Waals surface area contributed by atoms with E-state index in [2.05, 4.69) is 21.2 Å². The summed E-state index contributed by atoms with van der Waals surface area (Å²) in [4.78, 5) is 55.5. The Kier molecular flexibility index (Phi) is 8.38. The van der Waals surface area contributed by atoms with Crippen LogP contribution >= 0.6 is 15.9 Å². The minimum absolute atomic E-state index is 0.0172. The Balaban J connectivity index is 1.22. The number of amides is 3. The van der Waals surface area contributed by atoms with E-state index < -0.39 is 34.4 Å². The Hall–Kier alpha value is -3.55. The van der Waals surface area contributed by atoms with Crippen LogP contribution in [-0.4, -0.2) is 90.6 Å². The van der Waals surface area contributed by atoms with E-state index in [1.54, 1.807) is 39.8 Å². The number of fused-ring (bicyclic) bond motifs is 5. The number of aromatic nitrogens is 1. The van der Waals surface area contributed by atoms with Crippen LogP contribution in [0.4, 0.5) is 0 Å². The molecule has 0 saturated carbocycles. The molecule has 0 radical (unpaired) electrons. The predicted molar refractivity (Wildman–Crippen MR) is 167 cm³/mol. The zero-order valence-electron chi connectivity index (χ0n) is 24.3. The van der Waals surface area contributed by atoms with Crippen LogP contribution in [0.15, 0.2) is 68.8 Å². The van der Waals surface area contributed by atoms with Gasteiger partial charge in [-0.25, -0.2) is 8.42 Å². The number of sulfonamides is 1. The summed E-state index contributed by atoms with van der Waals surface area (Å²) in [5, 5.41) is 4.01. The number of carbonyl (C=O) groups excluding carboxylic acids is 3. The van der Waals surface area contributed by atoms with Crippen molar-refractivity contribution in [2.45, 2.75) is 42.7 Å². The molecule has 0 aliphatic carbocycles. The molecule has 44 heavy (non-hydrogen) atoms. The molecule has 3 aliphatic heterocycles. The van der Waals surface area contributed by atoms with Crippen LogP contribution in [0.25, 0.3) is 10.8 Å². The number of hydrogen-bond acceptors (Lipinski definition) is 6. The van der Waals surface area contributed by atoms with Gasteiger partial charge in [0.15, 0.2) is 0 Å². The first-order valence-corrected chi connectivity index (χ1v) is 17.0. The smallest absolute Gasteiger partial charge is 0.250 e. The maximum absolute atomic E-state index is 14.0. The van der Waals surface area contributed by atoms with E-state index in [9.17, 15) is 27.6 Å². The largest absolute Gasteiger partial charge is 0.358 e. The predicted octanol–water partition coefficient (Wildman–Crippen LogP) is 2.14. The molecule has 232 valence electrons. The van der Waals surface area contributed by atoms with Gasteiger partial charge in [-0.05, 0) is 66.3 Å². The minimum atomic E-state index is -4.26. The first-order chi connectivity index (χ1) is 21.0. The van der Waals surface area contributed by atoms with E-state index >= 15 is 0 Å². The van der Waals surface area contributed by atoms with Gasteiger partial charge in [0.1, 0.15) is 6.04 Å². The van der Waals surface area contributed by atoms with Crippen molar-refractivity contribution < 1.29 is 22.8 Å². The van der Waals surface area contributed by atoms with Crippen molar-refractivity contribution in [3.63, 3.8) is 0 Å². The lowest BCUT2D eigenvalue weighted by Gasteiger charge is -2.43. The molecule has 2 bridgehead atoms. The average Bonchev–Trinajstić information content (AvgIpc) is 3.01. The molecule has 2 fully saturated rings. The minimum Gasteiger partial charge on any atom is -0.358 e. The standard InChI is InChI=1S/C31H34BrN5O6S/c1-33-28(38)18-37(44(42,43)25-10-8-21-13-24(32)9-7-22(21)14-25)27-5-3-11-34(31(27)41)19-30(40)35-15-20-12-23(17-35)26-4-2-6-29(39)36(26)16-20/h2,4,6-10,13-14,20,23,27H,3,5,11-12,15-19H2,1H3,(H,33,38)/t20-,23?,27-/m0/s1. The normalized spacial score (nSPS) is 21.8. The van der Waals surface area contributed by atoms with Gasteiger partial charge in [-0.1, -0.05) is 34.1 Å². The molecule has 0 spiro atoms. The van der Waals surface area contributed by atoms with Crippen molar-refractivity contribution in [1.82, 2.24) is 24.0 Å². The molecule has 3 amide bonds. The summed E-state index contributed by atoms with van der Waals surface area (Å²) < 4.78 is 31.7. The lowest BCUT2D eigenvalue weighted by molar-refractivity contribution is -0.146. The van der Waals surface area contributed by atoms with E-state index in [1.165, 1.54) is 18.0 Å². The highest BCUT2D eigenvalue weighted by Crippen LogP contribution is 2.35. The first kappa shape index (κ1) is 30.5. The number of likely N-dealkylation sites (tertiary alicyclic amines) is 2. The molecule has 1 N–H and O–H groups in total. The number of hydrogen-bond donors (Lipinski definition) is 1. The Morgan fingerprint density at radius 1 is 1.02 bits per heavy atom. The van der Waals surface area contributed by atoms with Crippen LogP contribution in [0.3, 0.4) is 0 Å². The van der Waals surface area contributed by atoms with Crippen LogP contribution in [-0.2, 0) is 31.0 Å². The fourth-order valence-electron chi connectivity index (χ4n) is 6.78. The third kappa shape index (κ3) is 5.80. The second kappa shape index (κ2) is 12.1. The molecule has 4 heterocycles. The van der Waals surface area contributed by atoms with E-state index in [1.807, 2.05) is 18.2 Å². The zero-order chi connectivity index (χ0) is 31.2. The molecule has 2 aromatic carbocycles. The van der Waals surface area contributed by atoms with Gasteiger partial charge in [0.25, 0.3) is 5.56 Å². The highest BCUT2D eigenvalue weighted by Gasteiger charge is 2.42. The fourth-order valence-corrected chi connectivity index (χ4v) is 8.76. The highest BCUT2D eigenvalue weighted by molar-refractivity contribution is 9.10. The number of piperidine rings is 2. The molecule has 3 aliphatic rings. The van der Waals surface area contributed by atoms with Crippen molar-refractivity contribution in [2.24, 2.45) is 5.92 Å². The summed E-state index contributed by atoms with van der Waals surface area (Å²) in [6.45, 7) is 1.13. The summed E-state index contributed by atoms with van der Waals surface area (Å²) in [7, 11) is -2.85.